The van der Waals surface area contributed by atoms with Crippen molar-refractivity contribution < 1.29 is 33.2 Å². The number of fused-ring (bicyclic) bond motifs is 1. The number of nitrogens with zero attached hydrogens (tertiary/aromatic N) is 3. The van der Waals surface area contributed by atoms with E-state index in [9.17, 15) is 9.90 Å². The van der Waals surface area contributed by atoms with E-state index in [1.807, 2.05) is 0 Å². The predicted molar refractivity (Wildman–Crippen MR) is 165 cm³/mol. The number of pyridine rings is 1. The van der Waals surface area contributed by atoms with Crippen LogP contribution in [0.25, 0.3) is 10.9 Å². The van der Waals surface area contributed by atoms with Gasteiger partial charge in [0.15, 0.2) is 34.6 Å². The zero-order chi connectivity index (χ0) is 30.9. The van der Waals surface area contributed by atoms with Crippen molar-refractivity contribution in [1.29, 1.82) is 0 Å². The Morgan fingerprint density at radius 3 is 2.59 bits per heavy atom. The normalized spacial score (nSPS) is 13.3. The van der Waals surface area contributed by atoms with E-state index < -0.39 is 11.7 Å². The number of amides is 1. The minimum absolute atomic E-state index is 0.00200. The Bertz CT molecular complexity index is 1640. The number of phenols is 1. The monoisotopic (exact) mass is 602 g/mol. The molecule has 1 amide bonds. The molecule has 230 valence electrons. The van der Waals surface area contributed by atoms with E-state index >= 15 is 4.39 Å². The molecule has 44 heavy (non-hydrogen) atoms. The topological polar surface area (TPSA) is 115 Å². The first-order chi connectivity index (χ1) is 21.4. The number of halogens is 1. The van der Waals surface area contributed by atoms with E-state index in [0.717, 1.165) is 26.1 Å². The molecule has 1 saturated heterocycles. The third-order valence-corrected chi connectivity index (χ3v) is 7.25. The molecule has 0 spiro atoms. The molecule has 0 unspecified atom stereocenters. The molecular weight excluding hydrogens is 567 g/mol. The Morgan fingerprint density at radius 1 is 1.00 bits per heavy atom. The van der Waals surface area contributed by atoms with Gasteiger partial charge < -0.3 is 29.0 Å². The lowest BCUT2D eigenvalue weighted by molar-refractivity contribution is -0.120. The molecule has 1 fully saturated rings. The summed E-state index contributed by atoms with van der Waals surface area (Å²) >= 11 is 0. The van der Waals surface area contributed by atoms with Crippen LogP contribution in [-0.2, 0) is 11.2 Å². The molecule has 1 aliphatic heterocycles. The van der Waals surface area contributed by atoms with Gasteiger partial charge in [0.2, 0.25) is 5.91 Å². The molecule has 0 saturated carbocycles. The Hall–Kier alpha value is -4.90. The molecule has 1 aliphatic rings. The molecule has 2 N–H and O–H groups in total. The van der Waals surface area contributed by atoms with Crippen molar-refractivity contribution >= 4 is 23.0 Å². The van der Waals surface area contributed by atoms with Crippen LogP contribution in [0, 0.1) is 5.82 Å². The van der Waals surface area contributed by atoms with Gasteiger partial charge in [-0.25, -0.2) is 9.82 Å². The molecule has 0 radical (unpaired) electrons. The molecule has 11 heteroatoms. The predicted octanol–water partition coefficient (Wildman–Crippen LogP) is 5.45. The zero-order valence-electron chi connectivity index (χ0n) is 24.7. The van der Waals surface area contributed by atoms with Gasteiger partial charge in [-0.05, 0) is 85.9 Å². The lowest BCUT2D eigenvalue weighted by atomic mass is 10.1. The molecule has 2 heterocycles. The van der Waals surface area contributed by atoms with Crippen molar-refractivity contribution in [3.8, 4) is 34.5 Å². The lowest BCUT2D eigenvalue weighted by Crippen LogP contribution is -2.21. The zero-order valence-corrected chi connectivity index (χ0v) is 24.7. The van der Waals surface area contributed by atoms with Gasteiger partial charge in [-0.1, -0.05) is 6.07 Å². The number of aromatic hydroxyl groups is 1. The SMILES string of the molecule is COc1cc(/C=N/NC(=O)Cc2ccc(Oc3ccnc4cc(OCCCN5CCCC5)c(OC)cc34)c(F)c2)ccc1O. The number of nitrogens with one attached hydrogen (secondary N) is 1. The largest absolute Gasteiger partial charge is 0.504 e. The Balaban J connectivity index is 1.21. The fraction of sp³-hybridized carbons (Fsp3) is 0.303. The molecule has 10 nitrogen and oxygen atoms in total. The van der Waals surface area contributed by atoms with Crippen LogP contribution >= 0.6 is 0 Å². The van der Waals surface area contributed by atoms with Gasteiger partial charge in [-0.15, -0.1) is 0 Å². The minimum atomic E-state index is -0.620. The average molecular weight is 603 g/mol. The summed E-state index contributed by atoms with van der Waals surface area (Å²) in [5.74, 6) is 0.761. The van der Waals surface area contributed by atoms with Crippen LogP contribution in [0.5, 0.6) is 34.5 Å². The van der Waals surface area contributed by atoms with Gasteiger partial charge in [0.05, 0.1) is 39.0 Å². The number of carbonyl (C=O) groups excluding carboxylic acids is 1. The fourth-order valence-corrected chi connectivity index (χ4v) is 5.00. The van der Waals surface area contributed by atoms with Crippen molar-refractivity contribution in [2.45, 2.75) is 25.7 Å². The summed E-state index contributed by atoms with van der Waals surface area (Å²) in [6.07, 6.45) is 6.34. The highest BCUT2D eigenvalue weighted by Gasteiger charge is 2.15. The van der Waals surface area contributed by atoms with E-state index in [4.69, 9.17) is 18.9 Å². The van der Waals surface area contributed by atoms with Crippen LogP contribution in [0.3, 0.4) is 0 Å². The number of ether oxygens (including phenoxy) is 4. The van der Waals surface area contributed by atoms with Gasteiger partial charge in [0, 0.05) is 24.2 Å². The van der Waals surface area contributed by atoms with Gasteiger partial charge in [0.25, 0.3) is 0 Å². The van der Waals surface area contributed by atoms with Crippen LogP contribution in [-0.4, -0.2) is 67.6 Å². The van der Waals surface area contributed by atoms with E-state index in [2.05, 4.69) is 20.4 Å². The summed E-state index contributed by atoms with van der Waals surface area (Å²) in [5.41, 5.74) is 4.10. The van der Waals surface area contributed by atoms with Gasteiger partial charge in [0.1, 0.15) is 5.75 Å². The molecule has 0 aliphatic carbocycles. The van der Waals surface area contributed by atoms with E-state index in [1.165, 1.54) is 44.4 Å². The van der Waals surface area contributed by atoms with Crippen molar-refractivity contribution in [2.24, 2.45) is 5.10 Å². The lowest BCUT2D eigenvalue weighted by Gasteiger charge is -2.16. The maximum absolute atomic E-state index is 15.1. The van der Waals surface area contributed by atoms with Crippen LogP contribution < -0.4 is 24.4 Å². The summed E-state index contributed by atoms with van der Waals surface area (Å²) in [5, 5.41) is 14.2. The number of benzene rings is 3. The number of phenolic OH excluding ortho intramolecular Hbond substituents is 1. The molecule has 4 aromatic rings. The van der Waals surface area contributed by atoms with Gasteiger partial charge in [-0.2, -0.15) is 5.10 Å². The first kappa shape index (κ1) is 30.6. The summed E-state index contributed by atoms with van der Waals surface area (Å²) in [7, 11) is 3.01. The molecule has 1 aromatic heterocycles. The Labute approximate surface area is 255 Å². The Kier molecular flexibility index (Phi) is 10.1. The average Bonchev–Trinajstić information content (AvgIpc) is 3.55. The van der Waals surface area contributed by atoms with E-state index in [1.54, 1.807) is 49.7 Å². The highest BCUT2D eigenvalue weighted by molar-refractivity contribution is 5.88. The standard InChI is InChI=1S/C33H35FN4O6/c1-41-30-17-23(6-8-27(30)39)21-36-37-33(40)18-22-7-9-29(25(34)16-22)44-28-10-11-35-26-20-32(31(42-2)19-24(26)28)43-15-5-14-38-12-3-4-13-38/h6-11,16-17,19-21,39H,3-5,12-15,18H2,1-2H3,(H,37,40)/b36-21+. The number of aromatic nitrogens is 1. The van der Waals surface area contributed by atoms with E-state index in [0.29, 0.717) is 45.9 Å². The summed E-state index contributed by atoms with van der Waals surface area (Å²) < 4.78 is 37.7. The third kappa shape index (κ3) is 7.73. The fourth-order valence-electron chi connectivity index (χ4n) is 5.00. The molecule has 3 aromatic carbocycles. The maximum atomic E-state index is 15.1. The summed E-state index contributed by atoms with van der Waals surface area (Å²) in [6, 6.07) is 14.2. The van der Waals surface area contributed by atoms with Crippen LogP contribution in [0.15, 0.2) is 65.9 Å². The molecular formula is C33H35FN4O6. The van der Waals surface area contributed by atoms with E-state index in [-0.39, 0.29) is 23.7 Å². The number of hydrogen-bond donors (Lipinski definition) is 2. The van der Waals surface area contributed by atoms with Gasteiger partial charge in [-0.3, -0.25) is 9.78 Å². The molecule has 0 bridgehead atoms. The second-order valence-corrected chi connectivity index (χ2v) is 10.3. The number of rotatable bonds is 13. The first-order valence-corrected chi connectivity index (χ1v) is 14.4. The number of hydrogen-bond acceptors (Lipinski definition) is 9. The molecule has 0 atom stereocenters. The van der Waals surface area contributed by atoms with Crippen LogP contribution in [0.1, 0.15) is 30.4 Å². The first-order valence-electron chi connectivity index (χ1n) is 14.4. The van der Waals surface area contributed by atoms with Crippen LogP contribution in [0.4, 0.5) is 4.39 Å². The second-order valence-electron chi connectivity index (χ2n) is 10.3. The smallest absolute Gasteiger partial charge is 0.244 e. The quantitative estimate of drug-likeness (QED) is 0.118. The maximum Gasteiger partial charge on any atom is 0.244 e. The minimum Gasteiger partial charge on any atom is -0.504 e. The van der Waals surface area contributed by atoms with Crippen LogP contribution in [0.2, 0.25) is 0 Å². The third-order valence-electron chi connectivity index (χ3n) is 7.25. The summed E-state index contributed by atoms with van der Waals surface area (Å²) in [6.45, 7) is 3.87. The number of carbonyl (C=O) groups is 1. The van der Waals surface area contributed by atoms with Crippen molar-refractivity contribution in [3.63, 3.8) is 0 Å². The number of hydrazone groups is 1. The molecule has 5 rings (SSSR count). The summed E-state index contributed by atoms with van der Waals surface area (Å²) in [4.78, 5) is 19.3. The Morgan fingerprint density at radius 2 is 1.82 bits per heavy atom. The second kappa shape index (κ2) is 14.5. The van der Waals surface area contributed by atoms with Crippen molar-refractivity contribution in [2.75, 3.05) is 40.5 Å². The van der Waals surface area contributed by atoms with Crippen molar-refractivity contribution in [1.82, 2.24) is 15.3 Å². The van der Waals surface area contributed by atoms with Crippen molar-refractivity contribution in [3.05, 3.63) is 77.7 Å². The van der Waals surface area contributed by atoms with Gasteiger partial charge >= 0.3 is 0 Å². The highest BCUT2D eigenvalue weighted by atomic mass is 19.1. The number of methoxy groups -OCH3 is 2. The number of likely N-dealkylation sites (tertiary alicyclic amines) is 1. The highest BCUT2D eigenvalue weighted by Crippen LogP contribution is 2.37.